The molecule has 0 aliphatic carbocycles. The molecule has 0 spiro atoms. The number of hydrogen-bond acceptors (Lipinski definition) is 1. The lowest BCUT2D eigenvalue weighted by atomic mass is 9.77. The van der Waals surface area contributed by atoms with Gasteiger partial charge >= 0.3 is 0 Å². The molecule has 6 aromatic rings. The molecule has 0 amide bonds. The molecule has 0 saturated carbocycles. The molecule has 37 heavy (non-hydrogen) atoms. The van der Waals surface area contributed by atoms with Crippen molar-refractivity contribution in [3.63, 3.8) is 0 Å². The Labute approximate surface area is 218 Å². The van der Waals surface area contributed by atoms with Crippen molar-refractivity contribution in [3.05, 3.63) is 180 Å². The highest BCUT2D eigenvalue weighted by molar-refractivity contribution is 5.84. The van der Waals surface area contributed by atoms with Crippen molar-refractivity contribution in [3.8, 4) is 0 Å². The van der Waals surface area contributed by atoms with E-state index in [0.717, 1.165) is 12.1 Å². The second-order valence-electron chi connectivity index (χ2n) is 9.29. The van der Waals surface area contributed by atoms with Gasteiger partial charge in [0.25, 0.3) is 0 Å². The number of imidazole rings is 1. The zero-order valence-electron chi connectivity index (χ0n) is 20.6. The third-order valence-corrected chi connectivity index (χ3v) is 7.01. The Balaban J connectivity index is 1.39. The molecule has 5 aromatic carbocycles. The Hall–Kier alpha value is -4.69. The summed E-state index contributed by atoms with van der Waals surface area (Å²) in [6.07, 6.45) is 9.31. The van der Waals surface area contributed by atoms with Gasteiger partial charge in [-0.2, -0.15) is 0 Å². The van der Waals surface area contributed by atoms with Gasteiger partial charge in [0.1, 0.15) is 5.54 Å². The van der Waals surface area contributed by atoms with Gasteiger partial charge in [-0.25, -0.2) is 4.98 Å². The van der Waals surface area contributed by atoms with Gasteiger partial charge in [-0.05, 0) is 39.1 Å². The minimum absolute atomic E-state index is 0.531. The number of aromatic nitrogens is 2. The molecular formula is C35H28N2. The predicted octanol–water partition coefficient (Wildman–Crippen LogP) is 8.13. The summed E-state index contributed by atoms with van der Waals surface area (Å²) in [5, 5.41) is 2.52. The van der Waals surface area contributed by atoms with E-state index in [4.69, 9.17) is 4.98 Å². The van der Waals surface area contributed by atoms with Crippen molar-refractivity contribution in [2.45, 2.75) is 12.0 Å². The van der Waals surface area contributed by atoms with Crippen LogP contribution in [0, 0.1) is 0 Å². The van der Waals surface area contributed by atoms with Crippen molar-refractivity contribution < 1.29 is 0 Å². The van der Waals surface area contributed by atoms with E-state index in [1.807, 2.05) is 6.33 Å². The van der Waals surface area contributed by atoms with Crippen molar-refractivity contribution in [1.29, 1.82) is 0 Å². The van der Waals surface area contributed by atoms with E-state index in [-0.39, 0.29) is 0 Å². The van der Waals surface area contributed by atoms with Gasteiger partial charge in [0.05, 0.1) is 12.0 Å². The molecule has 0 unspecified atom stereocenters. The normalized spacial score (nSPS) is 11.8. The third-order valence-electron chi connectivity index (χ3n) is 7.01. The van der Waals surface area contributed by atoms with Crippen LogP contribution in [0.1, 0.15) is 27.9 Å². The molecule has 2 heteroatoms. The molecule has 1 heterocycles. The van der Waals surface area contributed by atoms with Gasteiger partial charge < -0.3 is 4.57 Å². The maximum Gasteiger partial charge on any atom is 0.121 e. The summed E-state index contributed by atoms with van der Waals surface area (Å²) >= 11 is 0. The summed E-state index contributed by atoms with van der Waals surface area (Å²) in [4.78, 5) is 4.85. The number of nitrogens with zero attached hydrogens (tertiary/aromatic N) is 2. The van der Waals surface area contributed by atoms with E-state index in [9.17, 15) is 0 Å². The number of fused-ring (bicyclic) bond motifs is 1. The summed E-state index contributed by atoms with van der Waals surface area (Å²) in [6, 6.07) is 47.2. The van der Waals surface area contributed by atoms with Crippen LogP contribution in [-0.4, -0.2) is 9.55 Å². The summed E-state index contributed by atoms with van der Waals surface area (Å²) in [7, 11) is 0. The molecule has 1 aromatic heterocycles. The minimum Gasteiger partial charge on any atom is -0.319 e. The lowest BCUT2D eigenvalue weighted by Crippen LogP contribution is -2.36. The van der Waals surface area contributed by atoms with E-state index < -0.39 is 5.54 Å². The van der Waals surface area contributed by atoms with Crippen LogP contribution in [-0.2, 0) is 12.0 Å². The van der Waals surface area contributed by atoms with Crippen LogP contribution in [0.3, 0.4) is 0 Å². The monoisotopic (exact) mass is 476 g/mol. The highest BCUT2D eigenvalue weighted by Crippen LogP contribution is 2.40. The van der Waals surface area contributed by atoms with Crippen molar-refractivity contribution in [2.75, 3.05) is 0 Å². The minimum atomic E-state index is -0.531. The second kappa shape index (κ2) is 10.1. The molecule has 0 bridgehead atoms. The van der Waals surface area contributed by atoms with E-state index in [0.29, 0.717) is 0 Å². The second-order valence-corrected chi connectivity index (χ2v) is 9.29. The van der Waals surface area contributed by atoms with Gasteiger partial charge in [-0.3, -0.25) is 0 Å². The SMILES string of the molecule is C(=C\c1ccc2ccccc2c1)/Cc1cn(C(c2ccccc2)(c2ccccc2)c2ccccc2)cn1. The fourth-order valence-corrected chi connectivity index (χ4v) is 5.26. The zero-order chi connectivity index (χ0) is 24.9. The Morgan fingerprint density at radius 1 is 0.595 bits per heavy atom. The Bertz CT molecular complexity index is 1530. The number of allylic oxidation sites excluding steroid dienone is 1. The van der Waals surface area contributed by atoms with Crippen LogP contribution in [0.2, 0.25) is 0 Å². The van der Waals surface area contributed by atoms with E-state index in [1.165, 1.54) is 33.0 Å². The lowest BCUT2D eigenvalue weighted by molar-refractivity contribution is 0.514. The topological polar surface area (TPSA) is 17.8 Å². The van der Waals surface area contributed by atoms with Crippen molar-refractivity contribution in [1.82, 2.24) is 9.55 Å². The quantitative estimate of drug-likeness (QED) is 0.213. The molecule has 0 aliphatic heterocycles. The maximum absolute atomic E-state index is 4.85. The number of rotatable bonds is 7. The summed E-state index contributed by atoms with van der Waals surface area (Å²) in [5.74, 6) is 0. The van der Waals surface area contributed by atoms with Crippen LogP contribution < -0.4 is 0 Å². The predicted molar refractivity (Wildman–Crippen MR) is 154 cm³/mol. The molecule has 178 valence electrons. The smallest absolute Gasteiger partial charge is 0.121 e. The molecule has 2 nitrogen and oxygen atoms in total. The van der Waals surface area contributed by atoms with E-state index >= 15 is 0 Å². The van der Waals surface area contributed by atoms with Gasteiger partial charge in [0.15, 0.2) is 0 Å². The first-order valence-electron chi connectivity index (χ1n) is 12.7. The first-order valence-corrected chi connectivity index (χ1v) is 12.7. The molecule has 0 aliphatic rings. The zero-order valence-corrected chi connectivity index (χ0v) is 20.6. The Morgan fingerprint density at radius 2 is 1.14 bits per heavy atom. The summed E-state index contributed by atoms with van der Waals surface area (Å²) < 4.78 is 2.27. The fourth-order valence-electron chi connectivity index (χ4n) is 5.26. The first kappa shape index (κ1) is 22.8. The van der Waals surface area contributed by atoms with Crippen LogP contribution >= 0.6 is 0 Å². The van der Waals surface area contributed by atoms with Gasteiger partial charge in [0, 0.05) is 12.6 Å². The van der Waals surface area contributed by atoms with E-state index in [2.05, 4.69) is 156 Å². The van der Waals surface area contributed by atoms with Crippen LogP contribution in [0.25, 0.3) is 16.8 Å². The summed E-state index contributed by atoms with van der Waals surface area (Å²) in [5.41, 5.74) is 5.29. The first-order chi connectivity index (χ1) is 18.3. The standard InChI is InChI=1S/C35H28N2/c1-4-16-31(17-5-1)35(32-18-6-2-7-19-32,33-20-8-3-9-21-33)37-26-34(36-27-37)22-12-13-28-23-24-29-14-10-11-15-30(29)25-28/h1-21,23-27H,22H2/b13-12+. The van der Waals surface area contributed by atoms with Gasteiger partial charge in [0.2, 0.25) is 0 Å². The molecule has 0 atom stereocenters. The molecule has 0 N–H and O–H groups in total. The highest BCUT2D eigenvalue weighted by Gasteiger charge is 2.38. The Kier molecular flexibility index (Phi) is 6.22. The van der Waals surface area contributed by atoms with Gasteiger partial charge in [-0.15, -0.1) is 0 Å². The van der Waals surface area contributed by atoms with E-state index in [1.54, 1.807) is 0 Å². The molecule has 0 fully saturated rings. The van der Waals surface area contributed by atoms with Crippen LogP contribution in [0.4, 0.5) is 0 Å². The number of benzene rings is 5. The van der Waals surface area contributed by atoms with Crippen molar-refractivity contribution in [2.24, 2.45) is 0 Å². The molecule has 0 radical (unpaired) electrons. The average Bonchev–Trinajstić information content (AvgIpc) is 3.44. The highest BCUT2D eigenvalue weighted by atomic mass is 15.1. The maximum atomic E-state index is 4.85. The van der Waals surface area contributed by atoms with Crippen LogP contribution in [0.5, 0.6) is 0 Å². The third kappa shape index (κ3) is 4.39. The Morgan fingerprint density at radius 3 is 1.73 bits per heavy atom. The van der Waals surface area contributed by atoms with Crippen LogP contribution in [0.15, 0.2) is 152 Å². The molecule has 6 rings (SSSR count). The lowest BCUT2D eigenvalue weighted by Gasteiger charge is -2.37. The van der Waals surface area contributed by atoms with Crippen molar-refractivity contribution >= 4 is 16.8 Å². The summed E-state index contributed by atoms with van der Waals surface area (Å²) in [6.45, 7) is 0. The average molecular weight is 477 g/mol. The number of hydrogen-bond donors (Lipinski definition) is 0. The molecule has 0 saturated heterocycles. The molecular weight excluding hydrogens is 448 g/mol. The fraction of sp³-hybridized carbons (Fsp3) is 0.0571. The van der Waals surface area contributed by atoms with Gasteiger partial charge in [-0.1, -0.05) is 140 Å². The largest absolute Gasteiger partial charge is 0.319 e.